The summed E-state index contributed by atoms with van der Waals surface area (Å²) in [5.41, 5.74) is 0.986. The highest BCUT2D eigenvalue weighted by atomic mass is 35.5. The minimum absolute atomic E-state index is 0.0280. The number of hydrogen-bond donors (Lipinski definition) is 1. The highest BCUT2D eigenvalue weighted by molar-refractivity contribution is 6.30. The molecule has 4 saturated carbocycles. The van der Waals surface area contributed by atoms with Gasteiger partial charge in [-0.05, 0) is 50.7 Å². The third kappa shape index (κ3) is 2.79. The average Bonchev–Trinajstić information content (AvgIpc) is 2.98. The van der Waals surface area contributed by atoms with Gasteiger partial charge in [-0.1, -0.05) is 16.8 Å². The molecule has 0 radical (unpaired) electrons. The first-order chi connectivity index (χ1) is 13.0. The Balaban J connectivity index is 1.13. The number of nitrogens with zero attached hydrogens (tertiary/aromatic N) is 3. The number of halogens is 2. The molecule has 1 heterocycles. The van der Waals surface area contributed by atoms with Crippen LogP contribution in [0.25, 0.3) is 0 Å². The normalized spacial score (nSPS) is 28.7. The molecular formula is C19H20ClFN4O2. The Bertz CT molecular complexity index is 891. The van der Waals surface area contributed by atoms with Crippen LogP contribution in [0.15, 0.2) is 24.4 Å². The Labute approximate surface area is 161 Å². The summed E-state index contributed by atoms with van der Waals surface area (Å²) in [6.07, 6.45) is 8.42. The van der Waals surface area contributed by atoms with Crippen LogP contribution in [-0.4, -0.2) is 33.0 Å². The molecule has 0 atom stereocenters. The minimum Gasteiger partial charge on any atom is -0.484 e. The molecular weight excluding hydrogens is 371 g/mol. The number of rotatable bonds is 6. The lowest BCUT2D eigenvalue weighted by Gasteiger charge is -2.69. The fourth-order valence-corrected chi connectivity index (χ4v) is 4.71. The van der Waals surface area contributed by atoms with E-state index in [4.69, 9.17) is 16.3 Å². The highest BCUT2D eigenvalue weighted by Crippen LogP contribution is 2.67. The van der Waals surface area contributed by atoms with E-state index >= 15 is 0 Å². The van der Waals surface area contributed by atoms with E-state index in [9.17, 15) is 9.18 Å². The average molecular weight is 391 g/mol. The monoisotopic (exact) mass is 390 g/mol. The van der Waals surface area contributed by atoms with Gasteiger partial charge in [-0.3, -0.25) is 4.79 Å². The maximum atomic E-state index is 13.4. The van der Waals surface area contributed by atoms with Crippen molar-refractivity contribution in [3.63, 3.8) is 0 Å². The van der Waals surface area contributed by atoms with E-state index in [0.717, 1.165) is 25.0 Å². The Morgan fingerprint density at radius 1 is 1.37 bits per heavy atom. The molecule has 4 fully saturated rings. The van der Waals surface area contributed by atoms with Crippen LogP contribution in [0.4, 0.5) is 4.39 Å². The summed E-state index contributed by atoms with van der Waals surface area (Å²) in [6.45, 7) is -0.145. The fraction of sp³-hybridized carbons (Fsp3) is 0.526. The lowest BCUT2D eigenvalue weighted by atomic mass is 9.38. The first-order valence-corrected chi connectivity index (χ1v) is 9.66. The second-order valence-corrected chi connectivity index (χ2v) is 8.58. The van der Waals surface area contributed by atoms with Gasteiger partial charge in [0, 0.05) is 23.2 Å². The number of ether oxygens (including phenoxy) is 1. The largest absolute Gasteiger partial charge is 0.484 e. The van der Waals surface area contributed by atoms with E-state index in [2.05, 4.69) is 21.8 Å². The Kier molecular flexibility index (Phi) is 3.73. The first kappa shape index (κ1) is 17.0. The molecule has 1 aromatic heterocycles. The first-order valence-electron chi connectivity index (χ1n) is 9.28. The second kappa shape index (κ2) is 5.92. The molecule has 1 aromatic carbocycles. The van der Waals surface area contributed by atoms with E-state index in [1.807, 2.05) is 4.68 Å². The highest BCUT2D eigenvalue weighted by Gasteiger charge is 2.70. The summed E-state index contributed by atoms with van der Waals surface area (Å²) in [5.74, 6) is -0.476. The molecule has 8 heteroatoms. The molecule has 0 spiro atoms. The van der Waals surface area contributed by atoms with Crippen molar-refractivity contribution in [1.82, 2.24) is 20.3 Å². The molecule has 2 bridgehead atoms. The minimum atomic E-state index is -0.564. The maximum Gasteiger partial charge on any atom is 0.258 e. The van der Waals surface area contributed by atoms with Gasteiger partial charge in [0.1, 0.15) is 11.6 Å². The van der Waals surface area contributed by atoms with Crippen LogP contribution in [0.1, 0.15) is 50.3 Å². The number of nitrogens with one attached hydrogen (secondary N) is 1. The number of aromatic nitrogens is 3. The lowest BCUT2D eigenvalue weighted by molar-refractivity contribution is -0.140. The SMILES string of the molecule is O=C(COc1ccc(Cl)c(F)c1)NC12CC(c3cn(C4CCC4)nn3)(C1)C2. The smallest absolute Gasteiger partial charge is 0.258 e. The zero-order valence-corrected chi connectivity index (χ0v) is 15.5. The fourth-order valence-electron chi connectivity index (χ4n) is 4.59. The number of amides is 1. The topological polar surface area (TPSA) is 69.0 Å². The summed E-state index contributed by atoms with van der Waals surface area (Å²) >= 11 is 5.64. The van der Waals surface area contributed by atoms with Gasteiger partial charge in [-0.2, -0.15) is 0 Å². The predicted molar refractivity (Wildman–Crippen MR) is 96.2 cm³/mol. The van der Waals surface area contributed by atoms with Crippen molar-refractivity contribution in [1.29, 1.82) is 0 Å². The van der Waals surface area contributed by atoms with Gasteiger partial charge in [-0.15, -0.1) is 5.10 Å². The molecule has 1 amide bonds. The molecule has 1 N–H and O–H groups in total. The molecule has 4 aliphatic rings. The van der Waals surface area contributed by atoms with Gasteiger partial charge in [0.15, 0.2) is 6.61 Å². The van der Waals surface area contributed by atoms with E-state index in [1.165, 1.54) is 31.4 Å². The number of hydrogen-bond acceptors (Lipinski definition) is 4. The van der Waals surface area contributed by atoms with Crippen molar-refractivity contribution in [2.75, 3.05) is 6.61 Å². The van der Waals surface area contributed by atoms with E-state index < -0.39 is 5.82 Å². The number of carbonyl (C=O) groups is 1. The molecule has 0 unspecified atom stereocenters. The molecule has 27 heavy (non-hydrogen) atoms. The molecule has 6 rings (SSSR count). The zero-order chi connectivity index (χ0) is 18.6. The van der Waals surface area contributed by atoms with Gasteiger partial charge in [-0.25, -0.2) is 9.07 Å². The Hall–Kier alpha value is -2.15. The van der Waals surface area contributed by atoms with Crippen molar-refractivity contribution < 1.29 is 13.9 Å². The van der Waals surface area contributed by atoms with Crippen LogP contribution < -0.4 is 10.1 Å². The molecule has 0 saturated heterocycles. The number of benzene rings is 1. The van der Waals surface area contributed by atoms with Gasteiger partial charge in [0.25, 0.3) is 5.91 Å². The van der Waals surface area contributed by atoms with Crippen molar-refractivity contribution in [3.8, 4) is 5.75 Å². The maximum absolute atomic E-state index is 13.4. The Morgan fingerprint density at radius 3 is 2.81 bits per heavy atom. The van der Waals surface area contributed by atoms with Crippen LogP contribution in [0.2, 0.25) is 5.02 Å². The second-order valence-electron chi connectivity index (χ2n) is 8.17. The summed E-state index contributed by atoms with van der Waals surface area (Å²) in [5, 5.41) is 11.8. The van der Waals surface area contributed by atoms with Crippen molar-refractivity contribution in [2.45, 2.75) is 55.5 Å². The predicted octanol–water partition coefficient (Wildman–Crippen LogP) is 3.16. The number of carbonyl (C=O) groups excluding carboxylic acids is 1. The molecule has 6 nitrogen and oxygen atoms in total. The Morgan fingerprint density at radius 2 is 2.15 bits per heavy atom. The van der Waals surface area contributed by atoms with Crippen molar-refractivity contribution in [3.05, 3.63) is 40.9 Å². The van der Waals surface area contributed by atoms with E-state index in [-0.39, 0.29) is 34.2 Å². The standard InChI is InChI=1S/C19H20ClFN4O2/c20-14-5-4-13(6-15(14)21)27-8-17(26)22-19-9-18(10-19,11-19)16-7-25(24-23-16)12-2-1-3-12/h4-7,12H,1-3,8-11H2,(H,22,26). The molecule has 142 valence electrons. The van der Waals surface area contributed by atoms with Crippen molar-refractivity contribution >= 4 is 17.5 Å². The summed E-state index contributed by atoms with van der Waals surface area (Å²) in [6, 6.07) is 4.64. The molecule has 2 aromatic rings. The van der Waals surface area contributed by atoms with Gasteiger partial charge < -0.3 is 10.1 Å². The molecule has 0 aliphatic heterocycles. The third-order valence-electron chi connectivity index (χ3n) is 6.20. The summed E-state index contributed by atoms with van der Waals surface area (Å²) in [7, 11) is 0. The van der Waals surface area contributed by atoms with E-state index in [1.54, 1.807) is 6.07 Å². The van der Waals surface area contributed by atoms with Crippen molar-refractivity contribution in [2.24, 2.45) is 0 Å². The van der Waals surface area contributed by atoms with Gasteiger partial charge >= 0.3 is 0 Å². The quantitative estimate of drug-likeness (QED) is 0.822. The third-order valence-corrected chi connectivity index (χ3v) is 6.50. The van der Waals surface area contributed by atoms with Crippen LogP contribution in [0, 0.1) is 5.82 Å². The van der Waals surface area contributed by atoms with Crippen LogP contribution in [0.3, 0.4) is 0 Å². The van der Waals surface area contributed by atoms with Crippen LogP contribution >= 0.6 is 11.6 Å². The summed E-state index contributed by atoms with van der Waals surface area (Å²) < 4.78 is 20.8. The van der Waals surface area contributed by atoms with Crippen LogP contribution in [0.5, 0.6) is 5.75 Å². The lowest BCUT2D eigenvalue weighted by Crippen LogP contribution is -2.77. The summed E-state index contributed by atoms with van der Waals surface area (Å²) in [4.78, 5) is 12.2. The van der Waals surface area contributed by atoms with Crippen LogP contribution in [-0.2, 0) is 10.2 Å². The zero-order valence-electron chi connectivity index (χ0n) is 14.8. The molecule has 4 aliphatic carbocycles. The van der Waals surface area contributed by atoms with Gasteiger partial charge in [0.05, 0.1) is 16.8 Å². The van der Waals surface area contributed by atoms with Gasteiger partial charge in [0.2, 0.25) is 0 Å². The van der Waals surface area contributed by atoms with E-state index in [0.29, 0.717) is 6.04 Å².